The Morgan fingerprint density at radius 3 is 2.65 bits per heavy atom. The summed E-state index contributed by atoms with van der Waals surface area (Å²) in [6.07, 6.45) is 2.87. The van der Waals surface area contributed by atoms with Crippen molar-refractivity contribution < 1.29 is 13.2 Å². The molecule has 0 saturated heterocycles. The standard InChI is InChI=1S/C12H20N4O3S/c1-8(2)13-12(17)10-7-15-5-6-16(20(4,18)19)9(3)11(15)14-10/h7-9H,5-6H2,1-4H3,(H,13,17)/t9-/m1/s1. The average Bonchev–Trinajstić information content (AvgIpc) is 2.71. The van der Waals surface area contributed by atoms with Crippen molar-refractivity contribution >= 4 is 15.9 Å². The topological polar surface area (TPSA) is 84.3 Å². The summed E-state index contributed by atoms with van der Waals surface area (Å²) in [5, 5.41) is 2.78. The van der Waals surface area contributed by atoms with Crippen molar-refractivity contribution in [2.45, 2.75) is 39.4 Å². The van der Waals surface area contributed by atoms with E-state index in [1.165, 1.54) is 10.6 Å². The Balaban J connectivity index is 2.29. The molecule has 8 heteroatoms. The van der Waals surface area contributed by atoms with Gasteiger partial charge in [0, 0.05) is 25.3 Å². The second kappa shape index (κ2) is 5.17. The number of amides is 1. The molecule has 7 nitrogen and oxygen atoms in total. The average molecular weight is 300 g/mol. The molecule has 0 unspecified atom stereocenters. The van der Waals surface area contributed by atoms with Gasteiger partial charge in [-0.05, 0) is 20.8 Å². The molecule has 0 fully saturated rings. The van der Waals surface area contributed by atoms with E-state index in [9.17, 15) is 13.2 Å². The van der Waals surface area contributed by atoms with Gasteiger partial charge in [-0.15, -0.1) is 0 Å². The summed E-state index contributed by atoms with van der Waals surface area (Å²) in [6, 6.07) is -0.328. The van der Waals surface area contributed by atoms with Gasteiger partial charge in [0.1, 0.15) is 11.5 Å². The highest BCUT2D eigenvalue weighted by atomic mass is 32.2. The Morgan fingerprint density at radius 1 is 1.45 bits per heavy atom. The number of aromatic nitrogens is 2. The van der Waals surface area contributed by atoms with Crippen LogP contribution in [0.4, 0.5) is 0 Å². The molecule has 20 heavy (non-hydrogen) atoms. The van der Waals surface area contributed by atoms with Crippen LogP contribution < -0.4 is 5.32 Å². The van der Waals surface area contributed by atoms with Crippen molar-refractivity contribution in [2.75, 3.05) is 12.8 Å². The largest absolute Gasteiger partial charge is 0.348 e. The van der Waals surface area contributed by atoms with Crippen molar-refractivity contribution in [1.29, 1.82) is 0 Å². The monoisotopic (exact) mass is 300 g/mol. The molecule has 0 spiro atoms. The lowest BCUT2D eigenvalue weighted by Gasteiger charge is -2.31. The molecular formula is C12H20N4O3S. The van der Waals surface area contributed by atoms with E-state index in [1.807, 2.05) is 18.4 Å². The van der Waals surface area contributed by atoms with Gasteiger partial charge in [-0.2, -0.15) is 4.31 Å². The first kappa shape index (κ1) is 15.0. The number of hydrogen-bond acceptors (Lipinski definition) is 4. The van der Waals surface area contributed by atoms with Gasteiger partial charge in [0.25, 0.3) is 5.91 Å². The first-order chi connectivity index (χ1) is 9.20. The summed E-state index contributed by atoms with van der Waals surface area (Å²) < 4.78 is 26.7. The fourth-order valence-electron chi connectivity index (χ4n) is 2.37. The third kappa shape index (κ3) is 2.85. The van der Waals surface area contributed by atoms with Crippen LogP contribution in [-0.2, 0) is 16.6 Å². The molecule has 1 N–H and O–H groups in total. The van der Waals surface area contributed by atoms with Gasteiger partial charge >= 0.3 is 0 Å². The second-order valence-corrected chi connectivity index (χ2v) is 7.29. The highest BCUT2D eigenvalue weighted by molar-refractivity contribution is 7.88. The minimum atomic E-state index is -3.27. The molecule has 1 aromatic rings. The van der Waals surface area contributed by atoms with Crippen LogP contribution in [0.15, 0.2) is 6.20 Å². The Labute approximate surface area is 119 Å². The predicted octanol–water partition coefficient (Wildman–Crippen LogP) is 0.357. The number of carbonyl (C=O) groups excluding carboxylic acids is 1. The molecule has 1 aliphatic rings. The third-order valence-electron chi connectivity index (χ3n) is 3.25. The van der Waals surface area contributed by atoms with E-state index in [1.54, 1.807) is 13.1 Å². The zero-order chi connectivity index (χ0) is 15.1. The first-order valence-electron chi connectivity index (χ1n) is 6.55. The van der Waals surface area contributed by atoms with Crippen LogP contribution in [0.5, 0.6) is 0 Å². The minimum Gasteiger partial charge on any atom is -0.348 e. The van der Waals surface area contributed by atoms with Crippen molar-refractivity contribution in [1.82, 2.24) is 19.2 Å². The molecule has 112 valence electrons. The molecule has 0 bridgehead atoms. The van der Waals surface area contributed by atoms with Gasteiger partial charge < -0.3 is 9.88 Å². The number of imidazole rings is 1. The molecule has 2 heterocycles. The zero-order valence-corrected chi connectivity index (χ0v) is 12.9. The number of rotatable bonds is 3. The summed E-state index contributed by atoms with van der Waals surface area (Å²) in [6.45, 7) is 6.44. The van der Waals surface area contributed by atoms with E-state index in [-0.39, 0.29) is 18.0 Å². The third-order valence-corrected chi connectivity index (χ3v) is 4.60. The predicted molar refractivity (Wildman–Crippen MR) is 74.8 cm³/mol. The lowest BCUT2D eigenvalue weighted by Crippen LogP contribution is -2.40. The van der Waals surface area contributed by atoms with Gasteiger partial charge in [-0.1, -0.05) is 0 Å². The van der Waals surface area contributed by atoms with Gasteiger partial charge in [0.15, 0.2) is 0 Å². The number of nitrogens with one attached hydrogen (secondary N) is 1. The van der Waals surface area contributed by atoms with Gasteiger partial charge in [-0.25, -0.2) is 13.4 Å². The van der Waals surface area contributed by atoms with Crippen molar-refractivity contribution in [3.63, 3.8) is 0 Å². The summed E-state index contributed by atoms with van der Waals surface area (Å²) >= 11 is 0. The van der Waals surface area contributed by atoms with Crippen molar-refractivity contribution in [2.24, 2.45) is 0 Å². The number of fused-ring (bicyclic) bond motifs is 1. The fraction of sp³-hybridized carbons (Fsp3) is 0.667. The fourth-order valence-corrected chi connectivity index (χ4v) is 3.45. The molecule has 0 radical (unpaired) electrons. The summed E-state index contributed by atoms with van der Waals surface area (Å²) in [5.41, 5.74) is 0.330. The molecule has 2 rings (SSSR count). The zero-order valence-electron chi connectivity index (χ0n) is 12.1. The van der Waals surface area contributed by atoms with Crippen LogP contribution in [0.3, 0.4) is 0 Å². The van der Waals surface area contributed by atoms with E-state index in [0.717, 1.165) is 0 Å². The van der Waals surface area contributed by atoms with Gasteiger partial charge in [0.05, 0.1) is 12.3 Å². The highest BCUT2D eigenvalue weighted by Gasteiger charge is 2.32. The summed E-state index contributed by atoms with van der Waals surface area (Å²) in [4.78, 5) is 16.2. The molecular weight excluding hydrogens is 280 g/mol. The maximum absolute atomic E-state index is 11.9. The van der Waals surface area contributed by atoms with E-state index in [0.29, 0.717) is 24.6 Å². The molecule has 1 atom stereocenters. The van der Waals surface area contributed by atoms with E-state index in [4.69, 9.17) is 0 Å². The number of hydrogen-bond donors (Lipinski definition) is 1. The quantitative estimate of drug-likeness (QED) is 0.873. The van der Waals surface area contributed by atoms with Crippen LogP contribution in [0.2, 0.25) is 0 Å². The lowest BCUT2D eigenvalue weighted by atomic mass is 10.2. The van der Waals surface area contributed by atoms with Gasteiger partial charge in [-0.3, -0.25) is 4.79 Å². The molecule has 0 aromatic carbocycles. The number of nitrogens with zero attached hydrogens (tertiary/aromatic N) is 3. The molecule has 1 aromatic heterocycles. The SMILES string of the molecule is CC(C)NC(=O)c1cn2c(n1)[C@@H](C)N(S(C)(=O)=O)CC2. The van der Waals surface area contributed by atoms with Crippen LogP contribution in [0.25, 0.3) is 0 Å². The lowest BCUT2D eigenvalue weighted by molar-refractivity contribution is 0.0938. The Hall–Kier alpha value is -1.41. The highest BCUT2D eigenvalue weighted by Crippen LogP contribution is 2.26. The smallest absolute Gasteiger partial charge is 0.271 e. The van der Waals surface area contributed by atoms with Crippen LogP contribution >= 0.6 is 0 Å². The maximum Gasteiger partial charge on any atom is 0.271 e. The van der Waals surface area contributed by atoms with Crippen LogP contribution in [0.1, 0.15) is 43.1 Å². The molecule has 0 aliphatic carbocycles. The van der Waals surface area contributed by atoms with Crippen LogP contribution in [0, 0.1) is 0 Å². The van der Waals surface area contributed by atoms with E-state index >= 15 is 0 Å². The summed E-state index contributed by atoms with van der Waals surface area (Å²) in [5.74, 6) is 0.371. The van der Waals surface area contributed by atoms with E-state index in [2.05, 4.69) is 10.3 Å². The Bertz CT molecular complexity index is 621. The molecule has 1 aliphatic heterocycles. The molecule has 0 saturated carbocycles. The summed E-state index contributed by atoms with van der Waals surface area (Å²) in [7, 11) is -3.27. The van der Waals surface area contributed by atoms with Gasteiger partial charge in [0.2, 0.25) is 10.0 Å². The maximum atomic E-state index is 11.9. The molecule has 1 amide bonds. The number of sulfonamides is 1. The Morgan fingerprint density at radius 2 is 2.10 bits per heavy atom. The first-order valence-corrected chi connectivity index (χ1v) is 8.39. The van der Waals surface area contributed by atoms with E-state index < -0.39 is 10.0 Å². The normalized spacial score (nSPS) is 19.9. The number of carbonyl (C=O) groups is 1. The minimum absolute atomic E-state index is 0.0335. The van der Waals surface area contributed by atoms with Crippen LogP contribution in [-0.4, -0.2) is 47.0 Å². The van der Waals surface area contributed by atoms with Crippen molar-refractivity contribution in [3.05, 3.63) is 17.7 Å². The Kier molecular flexibility index (Phi) is 3.88. The van der Waals surface area contributed by atoms with Crippen molar-refractivity contribution in [3.8, 4) is 0 Å². The second-order valence-electron chi connectivity index (χ2n) is 5.36.